The van der Waals surface area contributed by atoms with E-state index in [1.165, 1.54) is 0 Å². The number of hydrogen-bond donors (Lipinski definition) is 1. The minimum atomic E-state index is 0.0911. The van der Waals surface area contributed by atoms with Gasteiger partial charge >= 0.3 is 0 Å². The monoisotopic (exact) mass is 276 g/mol. The second-order valence-electron chi connectivity index (χ2n) is 5.19. The molecule has 1 aromatic carbocycles. The molecule has 0 spiro atoms. The Balaban J connectivity index is 1.96. The van der Waals surface area contributed by atoms with Crippen LogP contribution in [0, 0.1) is 0 Å². The van der Waals surface area contributed by atoms with Crippen molar-refractivity contribution in [2.45, 2.75) is 32.7 Å². The molecule has 1 aliphatic rings. The van der Waals surface area contributed by atoms with Gasteiger partial charge in [-0.05, 0) is 32.4 Å². The van der Waals surface area contributed by atoms with Crippen LogP contribution in [0.15, 0.2) is 24.3 Å². The van der Waals surface area contributed by atoms with E-state index in [0.717, 1.165) is 43.8 Å². The molecular weight excluding hydrogens is 252 g/mol. The average molecular weight is 276 g/mol. The SMILES string of the molecule is CCNC(C)c1ccccc1OCC(=O)N1CCCC1. The van der Waals surface area contributed by atoms with E-state index in [1.54, 1.807) is 0 Å². The molecule has 2 rings (SSSR count). The normalized spacial score (nSPS) is 16.2. The number of carbonyl (C=O) groups is 1. The molecule has 0 saturated carbocycles. The van der Waals surface area contributed by atoms with E-state index in [2.05, 4.69) is 19.2 Å². The number of nitrogens with one attached hydrogen (secondary N) is 1. The molecule has 20 heavy (non-hydrogen) atoms. The van der Waals surface area contributed by atoms with Crippen LogP contribution in [-0.4, -0.2) is 37.0 Å². The summed E-state index contributed by atoms with van der Waals surface area (Å²) in [5.41, 5.74) is 1.10. The third-order valence-corrected chi connectivity index (χ3v) is 3.71. The van der Waals surface area contributed by atoms with Crippen LogP contribution in [0.1, 0.15) is 38.3 Å². The summed E-state index contributed by atoms with van der Waals surface area (Å²) in [7, 11) is 0. The summed E-state index contributed by atoms with van der Waals surface area (Å²) in [6.45, 7) is 6.97. The van der Waals surface area contributed by atoms with E-state index in [1.807, 2.05) is 29.2 Å². The first-order valence-electron chi connectivity index (χ1n) is 7.45. The Bertz CT molecular complexity index is 442. The lowest BCUT2D eigenvalue weighted by atomic mass is 10.1. The van der Waals surface area contributed by atoms with E-state index in [0.29, 0.717) is 0 Å². The fourth-order valence-electron chi connectivity index (χ4n) is 2.58. The van der Waals surface area contributed by atoms with Gasteiger partial charge in [-0.15, -0.1) is 0 Å². The maximum Gasteiger partial charge on any atom is 0.260 e. The maximum absolute atomic E-state index is 12.0. The largest absolute Gasteiger partial charge is 0.483 e. The van der Waals surface area contributed by atoms with Crippen LogP contribution < -0.4 is 10.1 Å². The molecule has 1 N–H and O–H groups in total. The van der Waals surface area contributed by atoms with Crippen molar-refractivity contribution in [3.05, 3.63) is 29.8 Å². The summed E-state index contributed by atoms with van der Waals surface area (Å²) in [5.74, 6) is 0.891. The van der Waals surface area contributed by atoms with Crippen LogP contribution >= 0.6 is 0 Å². The molecule has 1 heterocycles. The minimum Gasteiger partial charge on any atom is -0.483 e. The van der Waals surface area contributed by atoms with Crippen molar-refractivity contribution in [1.82, 2.24) is 10.2 Å². The van der Waals surface area contributed by atoms with Gasteiger partial charge in [0.05, 0.1) is 0 Å². The molecule has 4 nitrogen and oxygen atoms in total. The zero-order valence-corrected chi connectivity index (χ0v) is 12.4. The number of carbonyl (C=O) groups excluding carboxylic acids is 1. The van der Waals surface area contributed by atoms with E-state index in [-0.39, 0.29) is 18.6 Å². The Morgan fingerprint density at radius 3 is 2.75 bits per heavy atom. The number of ether oxygens (including phenoxy) is 1. The second-order valence-corrected chi connectivity index (χ2v) is 5.19. The van der Waals surface area contributed by atoms with Crippen molar-refractivity contribution in [3.63, 3.8) is 0 Å². The third-order valence-electron chi connectivity index (χ3n) is 3.71. The van der Waals surface area contributed by atoms with Gasteiger partial charge in [0.2, 0.25) is 0 Å². The van der Waals surface area contributed by atoms with Gasteiger partial charge in [-0.3, -0.25) is 4.79 Å². The highest BCUT2D eigenvalue weighted by molar-refractivity contribution is 5.78. The molecule has 1 aliphatic heterocycles. The molecule has 1 aromatic rings. The number of amides is 1. The number of likely N-dealkylation sites (tertiary alicyclic amines) is 1. The first-order chi connectivity index (χ1) is 9.72. The zero-order chi connectivity index (χ0) is 14.4. The smallest absolute Gasteiger partial charge is 0.260 e. The predicted octanol–water partition coefficient (Wildman–Crippen LogP) is 2.36. The Morgan fingerprint density at radius 1 is 1.35 bits per heavy atom. The summed E-state index contributed by atoms with van der Waals surface area (Å²) in [4.78, 5) is 13.9. The first kappa shape index (κ1) is 14.9. The van der Waals surface area contributed by atoms with E-state index in [4.69, 9.17) is 4.74 Å². The van der Waals surface area contributed by atoms with Crippen molar-refractivity contribution < 1.29 is 9.53 Å². The number of hydrogen-bond acceptors (Lipinski definition) is 3. The quantitative estimate of drug-likeness (QED) is 0.867. The van der Waals surface area contributed by atoms with Gasteiger partial charge in [-0.1, -0.05) is 25.1 Å². The van der Waals surface area contributed by atoms with Gasteiger partial charge in [0, 0.05) is 24.7 Å². The molecule has 110 valence electrons. The van der Waals surface area contributed by atoms with Crippen LogP contribution in [0.5, 0.6) is 5.75 Å². The molecule has 0 radical (unpaired) electrons. The van der Waals surface area contributed by atoms with Gasteiger partial charge in [0.1, 0.15) is 5.75 Å². The van der Waals surface area contributed by atoms with E-state index in [9.17, 15) is 4.79 Å². The highest BCUT2D eigenvalue weighted by Gasteiger charge is 2.19. The van der Waals surface area contributed by atoms with Crippen molar-refractivity contribution in [2.24, 2.45) is 0 Å². The lowest BCUT2D eigenvalue weighted by Gasteiger charge is -2.19. The fourth-order valence-corrected chi connectivity index (χ4v) is 2.58. The molecule has 0 bridgehead atoms. The van der Waals surface area contributed by atoms with Gasteiger partial charge in [-0.2, -0.15) is 0 Å². The van der Waals surface area contributed by atoms with Crippen molar-refractivity contribution in [2.75, 3.05) is 26.2 Å². The van der Waals surface area contributed by atoms with Gasteiger partial charge in [-0.25, -0.2) is 0 Å². The van der Waals surface area contributed by atoms with Crippen LogP contribution in [-0.2, 0) is 4.79 Å². The molecule has 1 amide bonds. The highest BCUT2D eigenvalue weighted by atomic mass is 16.5. The Kier molecular flexibility index (Phi) is 5.41. The summed E-state index contributed by atoms with van der Waals surface area (Å²) in [5, 5.41) is 3.37. The molecule has 4 heteroatoms. The number of rotatable bonds is 6. The lowest BCUT2D eigenvalue weighted by molar-refractivity contribution is -0.132. The van der Waals surface area contributed by atoms with Crippen LogP contribution in [0.2, 0.25) is 0 Å². The molecule has 1 unspecified atom stereocenters. The van der Waals surface area contributed by atoms with E-state index < -0.39 is 0 Å². The highest BCUT2D eigenvalue weighted by Crippen LogP contribution is 2.24. The summed E-state index contributed by atoms with van der Waals surface area (Å²) in [6.07, 6.45) is 2.22. The van der Waals surface area contributed by atoms with Crippen molar-refractivity contribution in [1.29, 1.82) is 0 Å². The molecule has 1 saturated heterocycles. The topological polar surface area (TPSA) is 41.6 Å². The van der Waals surface area contributed by atoms with Gasteiger partial charge in [0.25, 0.3) is 5.91 Å². The molecular formula is C16H24N2O2. The molecule has 1 atom stereocenters. The summed E-state index contributed by atoms with van der Waals surface area (Å²) in [6, 6.07) is 8.14. The number of nitrogens with zero attached hydrogens (tertiary/aromatic N) is 1. The maximum atomic E-state index is 12.0. The average Bonchev–Trinajstić information content (AvgIpc) is 2.99. The molecule has 1 fully saturated rings. The van der Waals surface area contributed by atoms with Crippen LogP contribution in [0.3, 0.4) is 0 Å². The summed E-state index contributed by atoms with van der Waals surface area (Å²) >= 11 is 0. The number of benzene rings is 1. The first-order valence-corrected chi connectivity index (χ1v) is 7.45. The standard InChI is InChI=1S/C16H24N2O2/c1-3-17-13(2)14-8-4-5-9-15(14)20-12-16(19)18-10-6-7-11-18/h4-5,8-9,13,17H,3,6-7,10-12H2,1-2H3. The Morgan fingerprint density at radius 2 is 2.05 bits per heavy atom. The Labute approximate surface area is 121 Å². The Hall–Kier alpha value is -1.55. The predicted molar refractivity (Wildman–Crippen MR) is 79.8 cm³/mol. The molecule has 0 aromatic heterocycles. The summed E-state index contributed by atoms with van der Waals surface area (Å²) < 4.78 is 5.75. The fraction of sp³-hybridized carbons (Fsp3) is 0.562. The third kappa shape index (κ3) is 3.73. The minimum absolute atomic E-state index is 0.0911. The van der Waals surface area contributed by atoms with Crippen molar-refractivity contribution in [3.8, 4) is 5.75 Å². The van der Waals surface area contributed by atoms with Crippen LogP contribution in [0.4, 0.5) is 0 Å². The van der Waals surface area contributed by atoms with Crippen LogP contribution in [0.25, 0.3) is 0 Å². The van der Waals surface area contributed by atoms with E-state index >= 15 is 0 Å². The van der Waals surface area contributed by atoms with Gasteiger partial charge in [0.15, 0.2) is 6.61 Å². The zero-order valence-electron chi connectivity index (χ0n) is 12.4. The lowest BCUT2D eigenvalue weighted by Crippen LogP contribution is -2.32. The van der Waals surface area contributed by atoms with Crippen molar-refractivity contribution >= 4 is 5.91 Å². The molecule has 0 aliphatic carbocycles. The number of para-hydroxylation sites is 1. The van der Waals surface area contributed by atoms with Gasteiger partial charge < -0.3 is 15.0 Å². The second kappa shape index (κ2) is 7.29.